The number of carbonyl (C=O) groups excluding carboxylic acids is 2. The van der Waals surface area contributed by atoms with E-state index in [2.05, 4.69) is 4.98 Å². The van der Waals surface area contributed by atoms with Crippen LogP contribution in [0.1, 0.15) is 28.5 Å². The Hall–Kier alpha value is -3.25. The molecule has 3 rings (SSSR count). The van der Waals surface area contributed by atoms with Gasteiger partial charge in [-0.3, -0.25) is 9.69 Å². The number of hydrogen-bond acceptors (Lipinski definition) is 7. The number of esters is 1. The molecule has 0 unspecified atom stereocenters. The Kier molecular flexibility index (Phi) is 6.89. The number of amides is 1. The van der Waals surface area contributed by atoms with Crippen molar-refractivity contribution < 1.29 is 35.9 Å². The van der Waals surface area contributed by atoms with Crippen LogP contribution < -0.4 is 4.90 Å². The zero-order chi connectivity index (χ0) is 24.4. The minimum atomic E-state index is -4.57. The van der Waals surface area contributed by atoms with Gasteiger partial charge in [0.25, 0.3) is 0 Å². The highest BCUT2D eigenvalue weighted by Crippen LogP contribution is 2.35. The van der Waals surface area contributed by atoms with Gasteiger partial charge in [0.15, 0.2) is 15.0 Å². The van der Waals surface area contributed by atoms with Gasteiger partial charge in [-0.25, -0.2) is 18.2 Å². The molecule has 7 nitrogen and oxygen atoms in total. The number of hydrogen-bond donors (Lipinski definition) is 0. The average Bonchev–Trinajstić information content (AvgIpc) is 3.19. The van der Waals surface area contributed by atoms with Crippen molar-refractivity contribution in [1.82, 2.24) is 4.98 Å². The van der Waals surface area contributed by atoms with Crippen molar-refractivity contribution in [3.63, 3.8) is 0 Å². The summed E-state index contributed by atoms with van der Waals surface area (Å²) in [5.74, 6) is -1.33. The first-order valence-electron chi connectivity index (χ1n) is 9.26. The molecule has 0 saturated carbocycles. The first kappa shape index (κ1) is 24.4. The molecule has 2 aromatic carbocycles. The molecule has 33 heavy (non-hydrogen) atoms. The van der Waals surface area contributed by atoms with Gasteiger partial charge in [-0.05, 0) is 36.4 Å². The Morgan fingerprint density at radius 3 is 2.45 bits per heavy atom. The topological polar surface area (TPSA) is 93.6 Å². The van der Waals surface area contributed by atoms with E-state index < -0.39 is 33.5 Å². The number of sulfone groups is 1. The van der Waals surface area contributed by atoms with E-state index in [9.17, 15) is 31.2 Å². The predicted octanol–water partition coefficient (Wildman–Crippen LogP) is 4.61. The van der Waals surface area contributed by atoms with Gasteiger partial charge in [-0.1, -0.05) is 12.1 Å². The van der Waals surface area contributed by atoms with E-state index in [1.165, 1.54) is 48.7 Å². The number of anilines is 2. The number of thiazole rings is 1. The molecule has 0 bridgehead atoms. The summed E-state index contributed by atoms with van der Waals surface area (Å²) in [6, 6.07) is 9.63. The van der Waals surface area contributed by atoms with E-state index in [1.54, 1.807) is 0 Å². The third kappa shape index (κ3) is 5.96. The van der Waals surface area contributed by atoms with Crippen LogP contribution in [0, 0.1) is 0 Å². The number of ether oxygens (including phenoxy) is 1. The van der Waals surface area contributed by atoms with Gasteiger partial charge >= 0.3 is 12.1 Å². The molecule has 1 amide bonds. The fourth-order valence-corrected chi connectivity index (χ4v) is 4.33. The summed E-state index contributed by atoms with van der Waals surface area (Å²) in [4.78, 5) is 29.6. The maximum Gasteiger partial charge on any atom is 0.416 e. The molecule has 0 aliphatic rings. The minimum Gasteiger partial charge on any atom is -0.456 e. The van der Waals surface area contributed by atoms with Gasteiger partial charge < -0.3 is 4.74 Å². The molecule has 0 spiro atoms. The fraction of sp³-hybridized carbons (Fsp3) is 0.190. The molecule has 12 heteroatoms. The highest BCUT2D eigenvalue weighted by Gasteiger charge is 2.31. The Bertz CT molecular complexity index is 1300. The van der Waals surface area contributed by atoms with E-state index in [-0.39, 0.29) is 33.6 Å². The van der Waals surface area contributed by atoms with E-state index in [0.29, 0.717) is 0 Å². The predicted molar refractivity (Wildman–Crippen MR) is 115 cm³/mol. The van der Waals surface area contributed by atoms with Crippen LogP contribution in [0.3, 0.4) is 0 Å². The SMILES string of the molecule is CC(=O)N(c1cccc(C(F)(F)F)c1)c1nc(COC(=O)c2cccc(S(C)(=O)=O)c2)cs1. The van der Waals surface area contributed by atoms with Gasteiger partial charge in [-0.2, -0.15) is 13.2 Å². The molecule has 0 saturated heterocycles. The molecule has 1 aromatic heterocycles. The van der Waals surface area contributed by atoms with Crippen molar-refractivity contribution in [2.24, 2.45) is 0 Å². The maximum atomic E-state index is 13.0. The van der Waals surface area contributed by atoms with E-state index in [0.717, 1.165) is 34.6 Å². The fourth-order valence-electron chi connectivity index (χ4n) is 2.79. The third-order valence-corrected chi connectivity index (χ3v) is 6.31. The molecule has 1 heterocycles. The number of rotatable bonds is 6. The largest absolute Gasteiger partial charge is 0.456 e. The van der Waals surface area contributed by atoms with Crippen molar-refractivity contribution >= 4 is 43.9 Å². The number of halogens is 3. The number of benzene rings is 2. The van der Waals surface area contributed by atoms with E-state index >= 15 is 0 Å². The molecule has 0 aliphatic heterocycles. The summed E-state index contributed by atoms with van der Waals surface area (Å²) in [6.45, 7) is 0.906. The summed E-state index contributed by atoms with van der Waals surface area (Å²) in [5, 5.41) is 1.60. The lowest BCUT2D eigenvalue weighted by molar-refractivity contribution is -0.137. The molecular weight excluding hydrogens is 481 g/mol. The third-order valence-electron chi connectivity index (χ3n) is 4.33. The molecule has 3 aromatic rings. The molecule has 0 atom stereocenters. The molecule has 0 aliphatic carbocycles. The number of aromatic nitrogens is 1. The summed E-state index contributed by atoms with van der Waals surface area (Å²) >= 11 is 0.990. The normalized spacial score (nSPS) is 11.8. The minimum absolute atomic E-state index is 0.00666. The highest BCUT2D eigenvalue weighted by molar-refractivity contribution is 7.90. The molecule has 0 N–H and O–H groups in total. The second-order valence-corrected chi connectivity index (χ2v) is 9.75. The zero-order valence-electron chi connectivity index (χ0n) is 17.3. The molecule has 0 fully saturated rings. The summed E-state index contributed by atoms with van der Waals surface area (Å²) < 4.78 is 67.6. The quantitative estimate of drug-likeness (QED) is 0.461. The lowest BCUT2D eigenvalue weighted by Crippen LogP contribution is -2.23. The first-order valence-corrected chi connectivity index (χ1v) is 12.0. The highest BCUT2D eigenvalue weighted by atomic mass is 32.2. The van der Waals surface area contributed by atoms with Crippen LogP contribution in [0.4, 0.5) is 24.0 Å². The van der Waals surface area contributed by atoms with Crippen LogP contribution >= 0.6 is 11.3 Å². The first-order chi connectivity index (χ1) is 15.4. The van der Waals surface area contributed by atoms with Crippen molar-refractivity contribution in [3.05, 3.63) is 70.7 Å². The Morgan fingerprint density at radius 1 is 1.12 bits per heavy atom. The average molecular weight is 499 g/mol. The lowest BCUT2D eigenvalue weighted by atomic mass is 10.2. The van der Waals surface area contributed by atoms with Crippen LogP contribution in [0.25, 0.3) is 0 Å². The van der Waals surface area contributed by atoms with Gasteiger partial charge in [0.05, 0.1) is 27.4 Å². The Morgan fingerprint density at radius 2 is 1.82 bits per heavy atom. The van der Waals surface area contributed by atoms with E-state index in [1.807, 2.05) is 0 Å². The summed E-state index contributed by atoms with van der Waals surface area (Å²) in [7, 11) is -3.51. The summed E-state index contributed by atoms with van der Waals surface area (Å²) in [6.07, 6.45) is -3.56. The van der Waals surface area contributed by atoms with Crippen molar-refractivity contribution in [1.29, 1.82) is 0 Å². The standard InChI is InChI=1S/C21H17F3N2O5S2/c1-13(27)26(17-7-4-6-15(10-17)21(22,23)24)20-25-16(12-32-20)11-31-19(28)14-5-3-8-18(9-14)33(2,29)30/h3-10,12H,11H2,1-2H3. The smallest absolute Gasteiger partial charge is 0.416 e. The van der Waals surface area contributed by atoms with Crippen LogP contribution in [0.2, 0.25) is 0 Å². The van der Waals surface area contributed by atoms with Gasteiger partial charge in [0.2, 0.25) is 5.91 Å². The van der Waals surface area contributed by atoms with Crippen LogP contribution in [-0.2, 0) is 32.2 Å². The monoisotopic (exact) mass is 498 g/mol. The van der Waals surface area contributed by atoms with Gasteiger partial charge in [0.1, 0.15) is 6.61 Å². The van der Waals surface area contributed by atoms with Crippen LogP contribution in [-0.4, -0.2) is 31.5 Å². The summed E-state index contributed by atoms with van der Waals surface area (Å²) in [5.41, 5.74) is -0.621. The van der Waals surface area contributed by atoms with E-state index in [4.69, 9.17) is 4.74 Å². The molecular formula is C21H17F3N2O5S2. The van der Waals surface area contributed by atoms with Crippen molar-refractivity contribution in [2.45, 2.75) is 24.6 Å². The maximum absolute atomic E-state index is 13.0. The molecule has 174 valence electrons. The zero-order valence-corrected chi connectivity index (χ0v) is 18.9. The van der Waals surface area contributed by atoms with Crippen LogP contribution in [0.5, 0.6) is 0 Å². The lowest BCUT2D eigenvalue weighted by Gasteiger charge is -2.19. The second kappa shape index (κ2) is 9.32. The molecule has 0 radical (unpaired) electrons. The number of alkyl halides is 3. The number of carbonyl (C=O) groups is 2. The van der Waals surface area contributed by atoms with Crippen molar-refractivity contribution in [3.8, 4) is 0 Å². The Labute approximate surface area is 191 Å². The van der Waals surface area contributed by atoms with Gasteiger partial charge in [-0.15, -0.1) is 11.3 Å². The van der Waals surface area contributed by atoms with Crippen LogP contribution in [0.15, 0.2) is 58.8 Å². The Balaban J connectivity index is 1.77. The number of nitrogens with zero attached hydrogens (tertiary/aromatic N) is 2. The van der Waals surface area contributed by atoms with Crippen molar-refractivity contribution in [2.75, 3.05) is 11.2 Å². The van der Waals surface area contributed by atoms with Gasteiger partial charge in [0, 0.05) is 18.6 Å². The second-order valence-electron chi connectivity index (χ2n) is 6.90.